The van der Waals surface area contributed by atoms with Crippen molar-refractivity contribution in [1.29, 1.82) is 0 Å². The average molecular weight is 318 g/mol. The molecule has 0 amide bonds. The zero-order valence-electron chi connectivity index (χ0n) is 9.01. The summed E-state index contributed by atoms with van der Waals surface area (Å²) in [5.74, 6) is -0.431. The van der Waals surface area contributed by atoms with Gasteiger partial charge in [-0.25, -0.2) is 21.6 Å². The van der Waals surface area contributed by atoms with Crippen LogP contribution in [0.15, 0.2) is 16.3 Å². The summed E-state index contributed by atoms with van der Waals surface area (Å²) in [6.45, 7) is 1.70. The minimum absolute atomic E-state index is 0.182. The Bertz CT molecular complexity index is 576. The minimum atomic E-state index is -3.68. The summed E-state index contributed by atoms with van der Waals surface area (Å²) in [5, 5.41) is 0. The van der Waals surface area contributed by atoms with Gasteiger partial charge in [-0.1, -0.05) is 6.92 Å². The summed E-state index contributed by atoms with van der Waals surface area (Å²) < 4.78 is 47.1. The SMILES string of the molecule is CCc1ccc(S(=O)(=O)NCCS(=O)(=O)Cl)s1. The van der Waals surface area contributed by atoms with Crippen LogP contribution in [-0.2, 0) is 25.5 Å². The van der Waals surface area contributed by atoms with Crippen LogP contribution in [0.2, 0.25) is 0 Å². The van der Waals surface area contributed by atoms with Crippen molar-refractivity contribution < 1.29 is 16.8 Å². The molecule has 0 saturated heterocycles. The number of aryl methyl sites for hydroxylation is 1. The summed E-state index contributed by atoms with van der Waals surface area (Å²) in [7, 11) is -2.33. The van der Waals surface area contributed by atoms with E-state index in [-0.39, 0.29) is 10.8 Å². The molecule has 1 N–H and O–H groups in total. The van der Waals surface area contributed by atoms with Crippen LogP contribution < -0.4 is 4.72 Å². The van der Waals surface area contributed by atoms with E-state index in [1.54, 1.807) is 6.07 Å². The lowest BCUT2D eigenvalue weighted by molar-refractivity contribution is 0.584. The Kier molecular flexibility index (Phi) is 4.96. The lowest BCUT2D eigenvalue weighted by atomic mass is 10.4. The van der Waals surface area contributed by atoms with E-state index >= 15 is 0 Å². The van der Waals surface area contributed by atoms with Crippen LogP contribution in [0.5, 0.6) is 0 Å². The highest BCUT2D eigenvalue weighted by Gasteiger charge is 2.17. The van der Waals surface area contributed by atoms with E-state index in [1.165, 1.54) is 6.07 Å². The van der Waals surface area contributed by atoms with Crippen LogP contribution in [0.25, 0.3) is 0 Å². The highest BCUT2D eigenvalue weighted by atomic mass is 35.7. The number of nitrogens with one attached hydrogen (secondary N) is 1. The Balaban J connectivity index is 2.69. The fraction of sp³-hybridized carbons (Fsp3) is 0.500. The first-order chi connectivity index (χ1) is 7.74. The molecule has 0 aromatic carbocycles. The maximum atomic E-state index is 11.7. The molecule has 0 aliphatic heterocycles. The standard InChI is InChI=1S/C8H12ClNO4S3/c1-2-7-3-4-8(15-7)17(13,14)10-5-6-16(9,11)12/h3-4,10H,2,5-6H2,1H3. The van der Waals surface area contributed by atoms with E-state index in [0.29, 0.717) is 0 Å². The molecular weight excluding hydrogens is 306 g/mol. The second kappa shape index (κ2) is 5.66. The van der Waals surface area contributed by atoms with Crippen molar-refractivity contribution in [3.8, 4) is 0 Å². The summed E-state index contributed by atoms with van der Waals surface area (Å²) in [6.07, 6.45) is 0.760. The van der Waals surface area contributed by atoms with E-state index in [4.69, 9.17) is 10.7 Å². The van der Waals surface area contributed by atoms with Crippen LogP contribution in [0.1, 0.15) is 11.8 Å². The molecule has 1 aromatic rings. The summed E-state index contributed by atoms with van der Waals surface area (Å²) >= 11 is 1.16. The Morgan fingerprint density at radius 3 is 2.41 bits per heavy atom. The minimum Gasteiger partial charge on any atom is -0.212 e. The lowest BCUT2D eigenvalue weighted by Gasteiger charge is -2.02. The molecule has 0 radical (unpaired) electrons. The Labute approximate surface area is 109 Å². The van der Waals surface area contributed by atoms with Crippen molar-refractivity contribution in [2.45, 2.75) is 17.6 Å². The first-order valence-corrected chi connectivity index (χ1v) is 9.53. The topological polar surface area (TPSA) is 80.3 Å². The van der Waals surface area contributed by atoms with Gasteiger partial charge in [0.2, 0.25) is 19.1 Å². The molecule has 0 spiro atoms. The van der Waals surface area contributed by atoms with Crippen molar-refractivity contribution in [3.05, 3.63) is 17.0 Å². The quantitative estimate of drug-likeness (QED) is 0.798. The van der Waals surface area contributed by atoms with Gasteiger partial charge in [0.15, 0.2) is 0 Å². The molecule has 1 aromatic heterocycles. The lowest BCUT2D eigenvalue weighted by Crippen LogP contribution is -2.27. The molecule has 1 heterocycles. The van der Waals surface area contributed by atoms with Crippen molar-refractivity contribution >= 4 is 41.1 Å². The predicted octanol–water partition coefficient (Wildman–Crippen LogP) is 1.16. The highest BCUT2D eigenvalue weighted by Crippen LogP contribution is 2.21. The van der Waals surface area contributed by atoms with E-state index < -0.39 is 24.8 Å². The van der Waals surface area contributed by atoms with Crippen molar-refractivity contribution in [2.24, 2.45) is 0 Å². The van der Waals surface area contributed by atoms with E-state index in [9.17, 15) is 16.8 Å². The fourth-order valence-electron chi connectivity index (χ4n) is 1.06. The average Bonchev–Trinajstić information content (AvgIpc) is 2.63. The third-order valence-corrected chi connectivity index (χ3v) is 6.23. The Morgan fingerprint density at radius 1 is 1.29 bits per heavy atom. The second-order valence-electron chi connectivity index (χ2n) is 3.22. The van der Waals surface area contributed by atoms with Crippen molar-refractivity contribution in [1.82, 2.24) is 4.72 Å². The Hall–Kier alpha value is -0.150. The van der Waals surface area contributed by atoms with Crippen LogP contribution in [0.3, 0.4) is 0 Å². The van der Waals surface area contributed by atoms with Crippen molar-refractivity contribution in [3.63, 3.8) is 0 Å². The van der Waals surface area contributed by atoms with Gasteiger partial charge in [-0.2, -0.15) is 0 Å². The van der Waals surface area contributed by atoms with Gasteiger partial charge in [0.05, 0.1) is 5.75 Å². The molecule has 9 heteroatoms. The van der Waals surface area contributed by atoms with Gasteiger partial charge in [0, 0.05) is 22.1 Å². The number of rotatable bonds is 6. The zero-order valence-corrected chi connectivity index (χ0v) is 12.2. The molecule has 0 fully saturated rings. The molecule has 0 bridgehead atoms. The van der Waals surface area contributed by atoms with Gasteiger partial charge in [-0.05, 0) is 18.6 Å². The van der Waals surface area contributed by atoms with E-state index in [2.05, 4.69) is 4.72 Å². The van der Waals surface area contributed by atoms with Gasteiger partial charge in [0.25, 0.3) is 0 Å². The maximum Gasteiger partial charge on any atom is 0.250 e. The molecule has 98 valence electrons. The normalized spacial score (nSPS) is 12.8. The summed E-state index contributed by atoms with van der Waals surface area (Å²) in [5.41, 5.74) is 0. The third-order valence-electron chi connectivity index (χ3n) is 1.89. The molecule has 1 rings (SSSR count). The number of halogens is 1. The molecule has 5 nitrogen and oxygen atoms in total. The monoisotopic (exact) mass is 317 g/mol. The molecule has 0 atom stereocenters. The van der Waals surface area contributed by atoms with Gasteiger partial charge < -0.3 is 0 Å². The Morgan fingerprint density at radius 2 is 1.94 bits per heavy atom. The number of hydrogen-bond acceptors (Lipinski definition) is 5. The smallest absolute Gasteiger partial charge is 0.212 e. The molecular formula is C8H12ClNO4S3. The maximum absolute atomic E-state index is 11.7. The fourth-order valence-corrected chi connectivity index (χ4v) is 4.14. The van der Waals surface area contributed by atoms with E-state index in [1.807, 2.05) is 6.92 Å². The van der Waals surface area contributed by atoms with Crippen LogP contribution in [0, 0.1) is 0 Å². The first kappa shape index (κ1) is 14.9. The number of thiophene rings is 1. The zero-order chi connectivity index (χ0) is 13.1. The van der Waals surface area contributed by atoms with Crippen LogP contribution >= 0.6 is 22.0 Å². The van der Waals surface area contributed by atoms with Gasteiger partial charge >= 0.3 is 0 Å². The molecule has 0 aliphatic carbocycles. The highest BCUT2D eigenvalue weighted by molar-refractivity contribution is 8.13. The largest absolute Gasteiger partial charge is 0.250 e. The van der Waals surface area contributed by atoms with Crippen LogP contribution in [-0.4, -0.2) is 29.1 Å². The molecule has 0 unspecified atom stereocenters. The molecule has 0 aliphatic rings. The second-order valence-corrected chi connectivity index (χ2v) is 9.27. The number of sulfonamides is 1. The van der Waals surface area contributed by atoms with Gasteiger partial charge in [-0.3, -0.25) is 0 Å². The predicted molar refractivity (Wildman–Crippen MR) is 68.5 cm³/mol. The van der Waals surface area contributed by atoms with Crippen LogP contribution in [0.4, 0.5) is 0 Å². The number of hydrogen-bond donors (Lipinski definition) is 1. The van der Waals surface area contributed by atoms with Gasteiger partial charge in [0.1, 0.15) is 4.21 Å². The molecule has 0 saturated carbocycles. The molecule has 17 heavy (non-hydrogen) atoms. The van der Waals surface area contributed by atoms with E-state index in [0.717, 1.165) is 22.6 Å². The summed E-state index contributed by atoms with van der Waals surface area (Å²) in [4.78, 5) is 0.954. The third kappa shape index (κ3) is 4.92. The summed E-state index contributed by atoms with van der Waals surface area (Å²) in [6, 6.07) is 3.23. The first-order valence-electron chi connectivity index (χ1n) is 4.75. The van der Waals surface area contributed by atoms with Crippen molar-refractivity contribution in [2.75, 3.05) is 12.3 Å². The van der Waals surface area contributed by atoms with Gasteiger partial charge in [-0.15, -0.1) is 11.3 Å².